The van der Waals surface area contributed by atoms with Crippen LogP contribution in [0, 0.1) is 11.8 Å². The van der Waals surface area contributed by atoms with E-state index in [1.165, 1.54) is 38.1 Å². The number of fused-ring (bicyclic) bond motifs is 9. The maximum Gasteiger partial charge on any atom is 0.178 e. The first-order valence-electron chi connectivity index (χ1n) is 16.6. The van der Waals surface area contributed by atoms with Gasteiger partial charge in [-0.1, -0.05) is 94.1 Å². The van der Waals surface area contributed by atoms with Crippen LogP contribution in [0.15, 0.2) is 95.9 Å². The molecule has 0 radical (unpaired) electrons. The summed E-state index contributed by atoms with van der Waals surface area (Å²) in [6.45, 7) is 9.07. The van der Waals surface area contributed by atoms with Gasteiger partial charge < -0.3 is 18.9 Å². The van der Waals surface area contributed by atoms with E-state index in [0.717, 1.165) is 52.4 Å². The van der Waals surface area contributed by atoms with Crippen molar-refractivity contribution in [2.24, 2.45) is 11.8 Å². The van der Waals surface area contributed by atoms with Crippen LogP contribution in [0.5, 0.6) is 23.0 Å². The Balaban J connectivity index is 1.40. The molecule has 8 rings (SSSR count). The summed E-state index contributed by atoms with van der Waals surface area (Å²) in [7, 11) is 3.39. The van der Waals surface area contributed by atoms with Crippen molar-refractivity contribution in [3.8, 4) is 34.1 Å². The molecular weight excluding hydrogens is 601 g/mol. The molecule has 5 aromatic rings. The van der Waals surface area contributed by atoms with Crippen molar-refractivity contribution in [1.82, 2.24) is 0 Å². The smallest absolute Gasteiger partial charge is 0.178 e. The number of aryl methyl sites for hydroxylation is 1. The van der Waals surface area contributed by atoms with Crippen LogP contribution in [0.3, 0.4) is 0 Å². The highest BCUT2D eigenvalue weighted by molar-refractivity contribution is 8.01. The Morgan fingerprint density at radius 3 is 1.98 bits per heavy atom. The Morgan fingerprint density at radius 2 is 1.36 bits per heavy atom. The van der Waals surface area contributed by atoms with Crippen LogP contribution in [-0.4, -0.2) is 19.2 Å². The predicted molar refractivity (Wildman–Crippen MR) is 192 cm³/mol. The minimum atomic E-state index is -0.860. The third kappa shape index (κ3) is 4.50. The molecule has 0 amide bonds. The molecule has 4 nitrogen and oxygen atoms in total. The SMILES string of the molecule is COc1ccc(C2(c3ccc(OC)cc3)C=Cc3c4c(c5cc6c(cc5c3O2)SC(C(C)C)(C(C)C)O6)-c2ccccc2CC4)cc1. The lowest BCUT2D eigenvalue weighted by atomic mass is 9.77. The summed E-state index contributed by atoms with van der Waals surface area (Å²) >= 11 is 1.87. The van der Waals surface area contributed by atoms with Crippen LogP contribution >= 0.6 is 11.8 Å². The van der Waals surface area contributed by atoms with Crippen LogP contribution in [0.25, 0.3) is 28.0 Å². The second-order valence-corrected chi connectivity index (χ2v) is 14.7. The first-order valence-corrected chi connectivity index (χ1v) is 17.4. The highest BCUT2D eigenvalue weighted by atomic mass is 32.2. The number of benzene rings is 5. The second kappa shape index (κ2) is 11.1. The average molecular weight is 641 g/mol. The summed E-state index contributed by atoms with van der Waals surface area (Å²) in [6.07, 6.45) is 6.49. The Morgan fingerprint density at radius 1 is 0.723 bits per heavy atom. The molecule has 5 aromatic carbocycles. The molecule has 0 atom stereocenters. The Labute approximate surface area is 281 Å². The number of hydrogen-bond donors (Lipinski definition) is 0. The van der Waals surface area contributed by atoms with Gasteiger partial charge in [-0.3, -0.25) is 0 Å². The standard InChI is InChI=1S/C42H40O4S/c1-25(2)42(26(3)4)45-37-23-35-36(24-38(37)47-42)40-34(33-20-11-27-9-7-8-10-32(27)39(33)35)21-22-41(46-40,28-12-16-30(43-5)17-13-28)29-14-18-31(44-6)19-15-29/h7-10,12-19,21-26H,11,20H2,1-6H3. The zero-order valence-electron chi connectivity index (χ0n) is 27.8. The average Bonchev–Trinajstić information content (AvgIpc) is 3.51. The minimum absolute atomic E-state index is 0.325. The Kier molecular flexibility index (Phi) is 7.10. The first-order chi connectivity index (χ1) is 22.8. The fraction of sp³-hybridized carbons (Fsp3) is 0.286. The zero-order chi connectivity index (χ0) is 32.5. The number of ether oxygens (including phenoxy) is 4. The molecule has 47 heavy (non-hydrogen) atoms. The van der Waals surface area contributed by atoms with Crippen LogP contribution < -0.4 is 18.9 Å². The number of rotatable bonds is 6. The van der Waals surface area contributed by atoms with Crippen molar-refractivity contribution in [3.63, 3.8) is 0 Å². The zero-order valence-corrected chi connectivity index (χ0v) is 28.7. The lowest BCUT2D eigenvalue weighted by molar-refractivity contribution is 0.0757. The molecule has 238 valence electrons. The van der Waals surface area contributed by atoms with E-state index < -0.39 is 5.60 Å². The van der Waals surface area contributed by atoms with Gasteiger partial charge in [-0.2, -0.15) is 0 Å². The fourth-order valence-electron chi connectivity index (χ4n) is 7.84. The van der Waals surface area contributed by atoms with E-state index in [9.17, 15) is 0 Å². The summed E-state index contributed by atoms with van der Waals surface area (Å²) in [6, 6.07) is 30.0. The number of methoxy groups -OCH3 is 2. The van der Waals surface area contributed by atoms with E-state index in [0.29, 0.717) is 11.8 Å². The summed E-state index contributed by atoms with van der Waals surface area (Å²) in [5.41, 5.74) is 7.70. The van der Waals surface area contributed by atoms with Gasteiger partial charge in [-0.15, -0.1) is 0 Å². The monoisotopic (exact) mass is 640 g/mol. The van der Waals surface area contributed by atoms with Crippen molar-refractivity contribution < 1.29 is 18.9 Å². The molecule has 2 heterocycles. The lowest BCUT2D eigenvalue weighted by Gasteiger charge is -2.38. The molecule has 0 saturated carbocycles. The Hall–Kier alpha value is -4.35. The fourth-order valence-corrected chi connectivity index (χ4v) is 9.17. The maximum atomic E-state index is 7.49. The number of hydrogen-bond acceptors (Lipinski definition) is 5. The van der Waals surface area contributed by atoms with E-state index in [4.69, 9.17) is 18.9 Å². The van der Waals surface area contributed by atoms with Gasteiger partial charge >= 0.3 is 0 Å². The molecule has 0 aromatic heterocycles. The lowest BCUT2D eigenvalue weighted by Crippen LogP contribution is -2.40. The van der Waals surface area contributed by atoms with Gasteiger partial charge in [0.05, 0.1) is 19.1 Å². The van der Waals surface area contributed by atoms with Gasteiger partial charge in [0.2, 0.25) is 0 Å². The van der Waals surface area contributed by atoms with Crippen molar-refractivity contribution in [1.29, 1.82) is 0 Å². The van der Waals surface area contributed by atoms with E-state index in [-0.39, 0.29) is 4.93 Å². The molecule has 0 spiro atoms. The molecule has 2 aliphatic heterocycles. The molecule has 0 unspecified atom stereocenters. The summed E-state index contributed by atoms with van der Waals surface area (Å²) < 4.78 is 25.5. The van der Waals surface area contributed by atoms with Crippen molar-refractivity contribution in [2.75, 3.05) is 14.2 Å². The molecule has 0 fully saturated rings. The quantitative estimate of drug-likeness (QED) is 0.185. The van der Waals surface area contributed by atoms with Gasteiger partial charge in [0, 0.05) is 33.9 Å². The van der Waals surface area contributed by atoms with Gasteiger partial charge in [-0.05, 0) is 83.0 Å². The van der Waals surface area contributed by atoms with E-state index in [1.54, 1.807) is 14.2 Å². The largest absolute Gasteiger partial charge is 0.497 e. The normalized spacial score (nSPS) is 16.6. The molecule has 3 aliphatic rings. The molecular formula is C42H40O4S. The first kappa shape index (κ1) is 30.0. The molecule has 0 saturated heterocycles. The highest BCUT2D eigenvalue weighted by Crippen LogP contribution is 2.58. The highest BCUT2D eigenvalue weighted by Gasteiger charge is 2.47. The van der Waals surface area contributed by atoms with Crippen LogP contribution in [0.1, 0.15) is 55.5 Å². The van der Waals surface area contributed by atoms with Gasteiger partial charge in [-0.25, -0.2) is 0 Å². The second-order valence-electron chi connectivity index (χ2n) is 13.5. The molecule has 0 bridgehead atoms. The maximum absolute atomic E-state index is 7.49. The van der Waals surface area contributed by atoms with E-state index in [1.807, 2.05) is 36.0 Å². The summed E-state index contributed by atoms with van der Waals surface area (Å²) in [5, 5.41) is 2.30. The van der Waals surface area contributed by atoms with Crippen molar-refractivity contribution in [3.05, 3.63) is 119 Å². The van der Waals surface area contributed by atoms with Gasteiger partial charge in [0.25, 0.3) is 0 Å². The Bertz CT molecular complexity index is 1980. The predicted octanol–water partition coefficient (Wildman–Crippen LogP) is 10.5. The minimum Gasteiger partial charge on any atom is -0.497 e. The number of thioether (sulfide) groups is 1. The molecule has 0 N–H and O–H groups in total. The van der Waals surface area contributed by atoms with Crippen molar-refractivity contribution in [2.45, 2.75) is 56.0 Å². The third-order valence-electron chi connectivity index (χ3n) is 10.3. The van der Waals surface area contributed by atoms with Crippen molar-refractivity contribution >= 4 is 28.6 Å². The molecule has 1 aliphatic carbocycles. The van der Waals surface area contributed by atoms with Gasteiger partial charge in [0.1, 0.15) is 23.0 Å². The van der Waals surface area contributed by atoms with Gasteiger partial charge in [0.15, 0.2) is 10.5 Å². The third-order valence-corrected chi connectivity index (χ3v) is 12.2. The van der Waals surface area contributed by atoms with Crippen LogP contribution in [-0.2, 0) is 18.4 Å². The summed E-state index contributed by atoms with van der Waals surface area (Å²) in [4.78, 5) is 0.845. The van der Waals surface area contributed by atoms with E-state index in [2.05, 4.69) is 101 Å². The van der Waals surface area contributed by atoms with E-state index >= 15 is 0 Å². The van der Waals surface area contributed by atoms with Crippen LogP contribution in [0.4, 0.5) is 0 Å². The van der Waals surface area contributed by atoms with Crippen LogP contribution in [0.2, 0.25) is 0 Å². The summed E-state index contributed by atoms with van der Waals surface area (Å²) in [5.74, 6) is 4.18. The topological polar surface area (TPSA) is 36.9 Å². The molecule has 5 heteroatoms.